The summed E-state index contributed by atoms with van der Waals surface area (Å²) in [5.74, 6) is -3.64. The molecule has 0 aromatic heterocycles. The molecule has 0 saturated heterocycles. The van der Waals surface area contributed by atoms with Crippen LogP contribution in [0.5, 0.6) is 11.5 Å². The van der Waals surface area contributed by atoms with E-state index in [9.17, 15) is 41.4 Å². The number of benzene rings is 2. The van der Waals surface area contributed by atoms with Crippen molar-refractivity contribution in [3.8, 4) is 11.5 Å². The fourth-order valence-corrected chi connectivity index (χ4v) is 1.94. The maximum atomic E-state index is 12.8. The van der Waals surface area contributed by atoms with Gasteiger partial charge in [-0.2, -0.15) is 26.3 Å². The molecule has 9 heteroatoms. The molecule has 128 valence electrons. The predicted octanol–water partition coefficient (Wildman–Crippen LogP) is 4.37. The van der Waals surface area contributed by atoms with Crippen molar-refractivity contribution in [3.63, 3.8) is 0 Å². The molecule has 24 heavy (non-hydrogen) atoms. The largest absolute Gasteiger partial charge is 0.504 e. The molecule has 2 aromatic carbocycles. The van der Waals surface area contributed by atoms with Gasteiger partial charge in [-0.25, -0.2) is 0 Å². The van der Waals surface area contributed by atoms with Gasteiger partial charge in [0, 0.05) is 11.1 Å². The lowest BCUT2D eigenvalue weighted by Crippen LogP contribution is -2.10. The monoisotopic (exact) mass is 350 g/mol. The summed E-state index contributed by atoms with van der Waals surface area (Å²) < 4.78 is 75.6. The molecule has 0 heterocycles. The van der Waals surface area contributed by atoms with E-state index >= 15 is 0 Å². The van der Waals surface area contributed by atoms with E-state index in [1.165, 1.54) is 0 Å². The minimum Gasteiger partial charge on any atom is -0.504 e. The van der Waals surface area contributed by atoms with Crippen LogP contribution in [-0.2, 0) is 12.4 Å². The topological polar surface area (TPSA) is 57.5 Å². The Hall–Kier alpha value is -2.71. The van der Waals surface area contributed by atoms with Crippen LogP contribution in [-0.4, -0.2) is 16.0 Å². The second-order valence-corrected chi connectivity index (χ2v) is 4.79. The second kappa shape index (κ2) is 5.73. The van der Waals surface area contributed by atoms with Gasteiger partial charge in [-0.15, -0.1) is 0 Å². The number of hydrogen-bond donors (Lipinski definition) is 2. The van der Waals surface area contributed by atoms with E-state index in [1.807, 2.05) is 0 Å². The fourth-order valence-electron chi connectivity index (χ4n) is 1.94. The summed E-state index contributed by atoms with van der Waals surface area (Å²) in [5, 5.41) is 18.6. The highest BCUT2D eigenvalue weighted by Gasteiger charge is 2.36. The van der Waals surface area contributed by atoms with Crippen LogP contribution >= 0.6 is 0 Å². The van der Waals surface area contributed by atoms with Crippen LogP contribution in [0.25, 0.3) is 0 Å². The number of halogens is 6. The van der Waals surface area contributed by atoms with E-state index in [0.29, 0.717) is 24.3 Å². The number of aromatic hydroxyl groups is 2. The molecule has 0 aliphatic carbocycles. The molecule has 0 radical (unpaired) electrons. The van der Waals surface area contributed by atoms with Crippen molar-refractivity contribution in [2.24, 2.45) is 0 Å². The van der Waals surface area contributed by atoms with Crippen molar-refractivity contribution in [2.75, 3.05) is 0 Å². The van der Waals surface area contributed by atoms with E-state index in [4.69, 9.17) is 0 Å². The Kier molecular flexibility index (Phi) is 4.21. The summed E-state index contributed by atoms with van der Waals surface area (Å²) in [7, 11) is 0. The standard InChI is InChI=1S/C15H8F6O3/c16-14(17,18)9-3-1-7(2-4-9)12(23)8-5-10(15(19,20)21)13(24)11(22)6-8/h1-6,22,24H. The molecule has 0 fully saturated rings. The third-order valence-electron chi connectivity index (χ3n) is 3.13. The van der Waals surface area contributed by atoms with Crippen LogP contribution in [0.2, 0.25) is 0 Å². The molecule has 0 spiro atoms. The van der Waals surface area contributed by atoms with E-state index < -0.39 is 46.3 Å². The number of alkyl halides is 6. The summed E-state index contributed by atoms with van der Waals surface area (Å²) in [4.78, 5) is 12.1. The summed E-state index contributed by atoms with van der Waals surface area (Å²) >= 11 is 0. The number of ketones is 1. The van der Waals surface area contributed by atoms with Gasteiger partial charge in [-0.05, 0) is 24.3 Å². The molecular weight excluding hydrogens is 342 g/mol. The molecule has 0 atom stereocenters. The molecule has 2 rings (SSSR count). The lowest BCUT2D eigenvalue weighted by atomic mass is 9.99. The van der Waals surface area contributed by atoms with Gasteiger partial charge in [-0.1, -0.05) is 12.1 Å². The molecule has 0 saturated carbocycles. The first kappa shape index (κ1) is 17.6. The highest BCUT2D eigenvalue weighted by atomic mass is 19.4. The number of hydrogen-bond acceptors (Lipinski definition) is 3. The van der Waals surface area contributed by atoms with Crippen LogP contribution in [0, 0.1) is 0 Å². The molecule has 2 N–H and O–H groups in total. The lowest BCUT2D eigenvalue weighted by Gasteiger charge is -2.12. The number of carbonyl (C=O) groups is 1. The van der Waals surface area contributed by atoms with Gasteiger partial charge in [-0.3, -0.25) is 4.79 Å². The third kappa shape index (κ3) is 3.44. The summed E-state index contributed by atoms with van der Waals surface area (Å²) in [6, 6.07) is 3.75. The highest BCUT2D eigenvalue weighted by Crippen LogP contribution is 2.41. The summed E-state index contributed by atoms with van der Waals surface area (Å²) in [6.45, 7) is 0. The first-order chi connectivity index (χ1) is 10.9. The Morgan fingerprint density at radius 2 is 1.33 bits per heavy atom. The Balaban J connectivity index is 2.45. The van der Waals surface area contributed by atoms with Crippen LogP contribution < -0.4 is 0 Å². The highest BCUT2D eigenvalue weighted by molar-refractivity contribution is 6.09. The van der Waals surface area contributed by atoms with Crippen LogP contribution in [0.15, 0.2) is 36.4 Å². The quantitative estimate of drug-likeness (QED) is 0.481. The molecule has 0 aliphatic rings. The Morgan fingerprint density at radius 1 is 0.792 bits per heavy atom. The van der Waals surface area contributed by atoms with E-state index in [-0.39, 0.29) is 5.56 Å². The molecule has 0 unspecified atom stereocenters. The van der Waals surface area contributed by atoms with Gasteiger partial charge in [0.15, 0.2) is 17.3 Å². The number of carbonyl (C=O) groups excluding carboxylic acids is 1. The third-order valence-corrected chi connectivity index (χ3v) is 3.13. The molecule has 2 aromatic rings. The molecule has 0 bridgehead atoms. The van der Waals surface area contributed by atoms with Crippen molar-refractivity contribution < 1.29 is 41.4 Å². The van der Waals surface area contributed by atoms with Crippen molar-refractivity contribution in [3.05, 3.63) is 58.7 Å². The van der Waals surface area contributed by atoms with Crippen molar-refractivity contribution in [2.45, 2.75) is 12.4 Å². The van der Waals surface area contributed by atoms with Crippen LogP contribution in [0.1, 0.15) is 27.0 Å². The molecule has 0 amide bonds. The number of phenols is 2. The number of phenolic OH excluding ortho intramolecular Hbond substituents is 2. The van der Waals surface area contributed by atoms with Gasteiger partial charge in [0.25, 0.3) is 0 Å². The molecular formula is C15H8F6O3. The van der Waals surface area contributed by atoms with E-state index in [0.717, 1.165) is 12.1 Å². The zero-order valence-corrected chi connectivity index (χ0v) is 11.5. The van der Waals surface area contributed by atoms with Crippen LogP contribution in [0.3, 0.4) is 0 Å². The molecule has 0 aliphatic heterocycles. The average molecular weight is 350 g/mol. The van der Waals surface area contributed by atoms with Crippen LogP contribution in [0.4, 0.5) is 26.3 Å². The first-order valence-corrected chi connectivity index (χ1v) is 6.26. The van der Waals surface area contributed by atoms with Gasteiger partial charge in [0.1, 0.15) is 5.56 Å². The first-order valence-electron chi connectivity index (χ1n) is 6.26. The fraction of sp³-hybridized carbons (Fsp3) is 0.133. The lowest BCUT2D eigenvalue weighted by molar-refractivity contribution is -0.139. The van der Waals surface area contributed by atoms with Gasteiger partial charge >= 0.3 is 12.4 Å². The van der Waals surface area contributed by atoms with Gasteiger partial charge in [0.2, 0.25) is 0 Å². The Labute approximate surface area is 130 Å². The van der Waals surface area contributed by atoms with E-state index in [1.54, 1.807) is 0 Å². The van der Waals surface area contributed by atoms with Crippen molar-refractivity contribution in [1.29, 1.82) is 0 Å². The van der Waals surface area contributed by atoms with Crippen molar-refractivity contribution in [1.82, 2.24) is 0 Å². The SMILES string of the molecule is O=C(c1ccc(C(F)(F)F)cc1)c1cc(O)c(O)c(C(F)(F)F)c1. The van der Waals surface area contributed by atoms with E-state index in [2.05, 4.69) is 0 Å². The Bertz CT molecular complexity index is 776. The summed E-state index contributed by atoms with van der Waals surface area (Å²) in [6.07, 6.45) is -9.65. The number of rotatable bonds is 2. The zero-order chi connectivity index (χ0) is 18.3. The second-order valence-electron chi connectivity index (χ2n) is 4.79. The zero-order valence-electron chi connectivity index (χ0n) is 11.5. The maximum Gasteiger partial charge on any atom is 0.420 e. The Morgan fingerprint density at radius 3 is 1.79 bits per heavy atom. The normalized spacial score (nSPS) is 12.2. The van der Waals surface area contributed by atoms with Crippen molar-refractivity contribution >= 4 is 5.78 Å². The van der Waals surface area contributed by atoms with Gasteiger partial charge in [0.05, 0.1) is 5.56 Å². The predicted molar refractivity (Wildman–Crippen MR) is 69.7 cm³/mol. The minimum absolute atomic E-state index is 0.304. The minimum atomic E-state index is -5.03. The molecule has 3 nitrogen and oxygen atoms in total. The average Bonchev–Trinajstić information content (AvgIpc) is 2.47. The summed E-state index contributed by atoms with van der Waals surface area (Å²) in [5.41, 5.74) is -3.58. The maximum absolute atomic E-state index is 12.8. The van der Waals surface area contributed by atoms with Gasteiger partial charge < -0.3 is 10.2 Å². The smallest absolute Gasteiger partial charge is 0.420 e.